The van der Waals surface area contributed by atoms with Crippen molar-refractivity contribution in [2.24, 2.45) is 5.41 Å². The summed E-state index contributed by atoms with van der Waals surface area (Å²) >= 11 is 4.58. The molecule has 2 aliphatic heterocycles. The molecule has 0 aliphatic carbocycles. The van der Waals surface area contributed by atoms with Crippen LogP contribution in [0.5, 0.6) is 0 Å². The predicted molar refractivity (Wildman–Crippen MR) is 78.8 cm³/mol. The van der Waals surface area contributed by atoms with Crippen LogP contribution < -0.4 is 0 Å². The first-order valence-electron chi connectivity index (χ1n) is 7.41. The van der Waals surface area contributed by atoms with Gasteiger partial charge >= 0.3 is 0 Å². The van der Waals surface area contributed by atoms with E-state index in [2.05, 4.69) is 17.5 Å². The Balaban J connectivity index is 1.74. The van der Waals surface area contributed by atoms with Crippen molar-refractivity contribution < 1.29 is 14.6 Å². The summed E-state index contributed by atoms with van der Waals surface area (Å²) in [6.45, 7) is 5.73. The van der Waals surface area contributed by atoms with Crippen molar-refractivity contribution in [2.45, 2.75) is 31.8 Å². The molecule has 0 radical (unpaired) electrons. The summed E-state index contributed by atoms with van der Waals surface area (Å²) in [5.74, 6) is 0.956. The van der Waals surface area contributed by atoms with Gasteiger partial charge in [-0.15, -0.1) is 0 Å². The van der Waals surface area contributed by atoms with E-state index in [9.17, 15) is 0 Å². The number of rotatable bonds is 6. The highest BCUT2D eigenvalue weighted by molar-refractivity contribution is 7.80. The Morgan fingerprint density at radius 2 is 1.95 bits per heavy atom. The molecule has 0 atom stereocenters. The molecule has 112 valence electrons. The molecule has 0 unspecified atom stereocenters. The third-order valence-electron chi connectivity index (χ3n) is 4.43. The minimum atomic E-state index is 0.128. The van der Waals surface area contributed by atoms with Gasteiger partial charge in [-0.1, -0.05) is 0 Å². The zero-order valence-corrected chi connectivity index (χ0v) is 12.6. The quantitative estimate of drug-likeness (QED) is 0.721. The Labute approximate surface area is 121 Å². The maximum atomic E-state index is 8.78. The van der Waals surface area contributed by atoms with Crippen molar-refractivity contribution in [2.75, 3.05) is 51.8 Å². The van der Waals surface area contributed by atoms with E-state index in [1.807, 2.05) is 0 Å². The van der Waals surface area contributed by atoms with Crippen molar-refractivity contribution in [1.29, 1.82) is 0 Å². The van der Waals surface area contributed by atoms with Crippen LogP contribution >= 0.6 is 12.6 Å². The zero-order chi connectivity index (χ0) is 13.6. The lowest BCUT2D eigenvalue weighted by molar-refractivity contribution is -0.0285. The van der Waals surface area contributed by atoms with Gasteiger partial charge < -0.3 is 19.5 Å². The summed E-state index contributed by atoms with van der Waals surface area (Å²) in [6.07, 6.45) is 4.78. The fourth-order valence-electron chi connectivity index (χ4n) is 3.10. The molecule has 5 heteroatoms. The van der Waals surface area contributed by atoms with E-state index in [1.165, 1.54) is 0 Å². The summed E-state index contributed by atoms with van der Waals surface area (Å²) in [4.78, 5) is 2.56. The third-order valence-corrected chi connectivity index (χ3v) is 5.10. The zero-order valence-electron chi connectivity index (χ0n) is 11.7. The largest absolute Gasteiger partial charge is 0.394 e. The second kappa shape index (κ2) is 7.84. The number of hydrogen-bond acceptors (Lipinski definition) is 5. The van der Waals surface area contributed by atoms with E-state index in [1.54, 1.807) is 0 Å². The number of thiol groups is 1. The highest BCUT2D eigenvalue weighted by atomic mass is 32.1. The van der Waals surface area contributed by atoms with E-state index >= 15 is 0 Å². The highest BCUT2D eigenvalue weighted by Gasteiger charge is 2.34. The van der Waals surface area contributed by atoms with Gasteiger partial charge in [0.05, 0.1) is 19.3 Å². The smallest absolute Gasteiger partial charge is 0.0701 e. The lowest BCUT2D eigenvalue weighted by Crippen LogP contribution is -2.46. The lowest BCUT2D eigenvalue weighted by atomic mass is 9.81. The number of piperidine rings is 1. The Hall–Kier alpha value is 0.190. The first kappa shape index (κ1) is 15.6. The Morgan fingerprint density at radius 3 is 2.53 bits per heavy atom. The maximum Gasteiger partial charge on any atom is 0.0701 e. The van der Waals surface area contributed by atoms with Crippen molar-refractivity contribution >= 4 is 12.6 Å². The minimum absolute atomic E-state index is 0.128. The summed E-state index contributed by atoms with van der Waals surface area (Å²) in [5.41, 5.74) is 0.347. The van der Waals surface area contributed by atoms with E-state index in [-0.39, 0.29) is 6.61 Å². The molecule has 0 aromatic heterocycles. The SMILES string of the molecule is OCCOC1CCN(CC2(CS)CCOCC2)CC1. The van der Waals surface area contributed by atoms with Gasteiger partial charge in [-0.2, -0.15) is 12.6 Å². The van der Waals surface area contributed by atoms with Crippen LogP contribution in [-0.2, 0) is 9.47 Å². The molecule has 2 aliphatic rings. The maximum absolute atomic E-state index is 8.78. The number of likely N-dealkylation sites (tertiary alicyclic amines) is 1. The topological polar surface area (TPSA) is 41.9 Å². The van der Waals surface area contributed by atoms with E-state index < -0.39 is 0 Å². The van der Waals surface area contributed by atoms with E-state index in [4.69, 9.17) is 14.6 Å². The van der Waals surface area contributed by atoms with Gasteiger partial charge in [-0.3, -0.25) is 0 Å². The lowest BCUT2D eigenvalue weighted by Gasteiger charge is -2.42. The Kier molecular flexibility index (Phi) is 6.42. The molecule has 0 aromatic rings. The predicted octanol–water partition coefficient (Wildman–Crippen LogP) is 1.19. The Morgan fingerprint density at radius 1 is 1.26 bits per heavy atom. The van der Waals surface area contributed by atoms with Crippen LogP contribution in [0.4, 0.5) is 0 Å². The van der Waals surface area contributed by atoms with Crippen LogP contribution in [0, 0.1) is 5.41 Å². The number of aliphatic hydroxyl groups excluding tert-OH is 1. The normalized spacial score (nSPS) is 25.6. The van der Waals surface area contributed by atoms with Crippen molar-refractivity contribution in [1.82, 2.24) is 4.90 Å². The molecule has 2 heterocycles. The van der Waals surface area contributed by atoms with Gasteiger partial charge in [-0.25, -0.2) is 0 Å². The van der Waals surface area contributed by atoms with Crippen LogP contribution in [-0.4, -0.2) is 67.9 Å². The first-order chi connectivity index (χ1) is 9.28. The van der Waals surface area contributed by atoms with Crippen molar-refractivity contribution in [3.05, 3.63) is 0 Å². The summed E-state index contributed by atoms with van der Waals surface area (Å²) in [5, 5.41) is 8.78. The number of nitrogens with zero attached hydrogens (tertiary/aromatic N) is 1. The summed E-state index contributed by atoms with van der Waals surface area (Å²) < 4.78 is 11.1. The van der Waals surface area contributed by atoms with Gasteiger partial charge in [-0.05, 0) is 36.9 Å². The van der Waals surface area contributed by atoms with Crippen molar-refractivity contribution in [3.8, 4) is 0 Å². The van der Waals surface area contributed by atoms with Gasteiger partial charge in [0.2, 0.25) is 0 Å². The minimum Gasteiger partial charge on any atom is -0.394 e. The molecule has 0 bridgehead atoms. The molecular formula is C14H27NO3S. The molecular weight excluding hydrogens is 262 g/mol. The molecule has 0 amide bonds. The molecule has 1 N–H and O–H groups in total. The third kappa shape index (κ3) is 4.60. The molecule has 2 saturated heterocycles. The standard InChI is InChI=1S/C14H27NO3S/c16-7-10-18-13-1-5-15(6-2-13)11-14(12-19)3-8-17-9-4-14/h13,16,19H,1-12H2. The molecule has 2 rings (SSSR count). The van der Waals surface area contributed by atoms with Crippen LogP contribution in [0.1, 0.15) is 25.7 Å². The molecule has 19 heavy (non-hydrogen) atoms. The summed E-state index contributed by atoms with van der Waals surface area (Å²) in [6, 6.07) is 0. The molecule has 4 nitrogen and oxygen atoms in total. The van der Waals surface area contributed by atoms with Crippen LogP contribution in [0.3, 0.4) is 0 Å². The second-order valence-corrected chi connectivity index (χ2v) is 6.16. The van der Waals surface area contributed by atoms with Crippen LogP contribution in [0.25, 0.3) is 0 Å². The monoisotopic (exact) mass is 289 g/mol. The van der Waals surface area contributed by atoms with Gasteiger partial charge in [0.1, 0.15) is 0 Å². The van der Waals surface area contributed by atoms with Gasteiger partial charge in [0.15, 0.2) is 0 Å². The first-order valence-corrected chi connectivity index (χ1v) is 8.05. The summed E-state index contributed by atoms with van der Waals surface area (Å²) in [7, 11) is 0. The number of hydrogen-bond donors (Lipinski definition) is 2. The van der Waals surface area contributed by atoms with Gasteiger partial charge in [0.25, 0.3) is 0 Å². The van der Waals surface area contributed by atoms with Crippen LogP contribution in [0.2, 0.25) is 0 Å². The van der Waals surface area contributed by atoms with Crippen LogP contribution in [0.15, 0.2) is 0 Å². The average molecular weight is 289 g/mol. The highest BCUT2D eigenvalue weighted by Crippen LogP contribution is 2.33. The van der Waals surface area contributed by atoms with E-state index in [0.29, 0.717) is 18.1 Å². The number of ether oxygens (including phenoxy) is 2. The second-order valence-electron chi connectivity index (χ2n) is 5.84. The molecule has 0 aromatic carbocycles. The molecule has 2 fully saturated rings. The fraction of sp³-hybridized carbons (Fsp3) is 1.00. The molecule has 0 saturated carbocycles. The van der Waals surface area contributed by atoms with Crippen molar-refractivity contribution in [3.63, 3.8) is 0 Å². The van der Waals surface area contributed by atoms with Gasteiger partial charge in [0, 0.05) is 32.8 Å². The number of aliphatic hydroxyl groups is 1. The molecule has 0 spiro atoms. The Bertz CT molecular complexity index is 251. The average Bonchev–Trinajstić information content (AvgIpc) is 2.47. The van der Waals surface area contributed by atoms with E-state index in [0.717, 1.165) is 64.3 Å². The fourth-order valence-corrected chi connectivity index (χ4v) is 3.51.